The topological polar surface area (TPSA) is 12.0 Å². The molecule has 1 aliphatic carbocycles. The number of rotatable bonds is 2. The minimum absolute atomic E-state index is 0. The molecule has 2 atom stereocenters. The van der Waals surface area contributed by atoms with E-state index in [1.165, 1.54) is 25.7 Å². The molecule has 1 N–H and O–H groups in total. The molecular weight excluding hydrogens is 134 g/mol. The van der Waals surface area contributed by atoms with Crippen LogP contribution in [0.3, 0.4) is 0 Å². The van der Waals surface area contributed by atoms with Gasteiger partial charge in [-0.15, -0.1) is 0 Å². The standard InChI is InChI=1S/C10H21N.H2/c1-8(2)9-6-4-5-7-10(9)11-3;/h8-11H,4-7H2,1-3H3;1H. The van der Waals surface area contributed by atoms with Crippen LogP contribution in [0.1, 0.15) is 41.0 Å². The minimum Gasteiger partial charge on any atom is -0.317 e. The van der Waals surface area contributed by atoms with Gasteiger partial charge < -0.3 is 5.32 Å². The van der Waals surface area contributed by atoms with Gasteiger partial charge >= 0.3 is 0 Å². The molecule has 0 heterocycles. The summed E-state index contributed by atoms with van der Waals surface area (Å²) in [7, 11) is 2.10. The Morgan fingerprint density at radius 2 is 1.91 bits per heavy atom. The van der Waals surface area contributed by atoms with E-state index < -0.39 is 0 Å². The van der Waals surface area contributed by atoms with Gasteiger partial charge in [0.15, 0.2) is 0 Å². The second-order valence-corrected chi connectivity index (χ2v) is 4.09. The van der Waals surface area contributed by atoms with E-state index in [2.05, 4.69) is 26.2 Å². The Balaban J connectivity index is 0.00000121. The van der Waals surface area contributed by atoms with Crippen molar-refractivity contribution in [2.24, 2.45) is 11.8 Å². The lowest BCUT2D eigenvalue weighted by Gasteiger charge is -2.34. The highest BCUT2D eigenvalue weighted by Gasteiger charge is 2.25. The molecule has 1 fully saturated rings. The van der Waals surface area contributed by atoms with E-state index in [4.69, 9.17) is 0 Å². The maximum Gasteiger partial charge on any atom is 0.00947 e. The van der Waals surface area contributed by atoms with Crippen molar-refractivity contribution in [3.63, 3.8) is 0 Å². The number of nitrogens with one attached hydrogen (secondary N) is 1. The highest BCUT2D eigenvalue weighted by molar-refractivity contribution is 4.81. The van der Waals surface area contributed by atoms with Crippen molar-refractivity contribution in [1.82, 2.24) is 5.32 Å². The zero-order chi connectivity index (χ0) is 8.27. The van der Waals surface area contributed by atoms with Crippen LogP contribution in [-0.2, 0) is 0 Å². The molecule has 0 aromatic heterocycles. The van der Waals surface area contributed by atoms with Gasteiger partial charge in [0.25, 0.3) is 0 Å². The molecule has 1 nitrogen and oxygen atoms in total. The van der Waals surface area contributed by atoms with Gasteiger partial charge in [0.1, 0.15) is 0 Å². The first-order chi connectivity index (χ1) is 5.25. The summed E-state index contributed by atoms with van der Waals surface area (Å²) in [4.78, 5) is 0. The van der Waals surface area contributed by atoms with Crippen LogP contribution in [0.4, 0.5) is 0 Å². The third-order valence-corrected chi connectivity index (χ3v) is 3.05. The third kappa shape index (κ3) is 2.19. The fourth-order valence-corrected chi connectivity index (χ4v) is 2.32. The summed E-state index contributed by atoms with van der Waals surface area (Å²) in [6, 6.07) is 0.795. The molecule has 0 aromatic rings. The average Bonchev–Trinajstić information content (AvgIpc) is 2.04. The summed E-state index contributed by atoms with van der Waals surface area (Å²) >= 11 is 0. The zero-order valence-electron chi connectivity index (χ0n) is 8.06. The first-order valence-corrected chi connectivity index (χ1v) is 4.93. The van der Waals surface area contributed by atoms with Gasteiger partial charge in [0.05, 0.1) is 0 Å². The van der Waals surface area contributed by atoms with E-state index in [0.717, 1.165) is 17.9 Å². The summed E-state index contributed by atoms with van der Waals surface area (Å²) in [5.74, 6) is 1.78. The van der Waals surface area contributed by atoms with Crippen LogP contribution in [0.5, 0.6) is 0 Å². The highest BCUT2D eigenvalue weighted by Crippen LogP contribution is 2.29. The van der Waals surface area contributed by atoms with Crippen LogP contribution in [0.15, 0.2) is 0 Å². The summed E-state index contributed by atoms with van der Waals surface area (Å²) in [6.45, 7) is 4.70. The Kier molecular flexibility index (Phi) is 3.38. The Morgan fingerprint density at radius 3 is 2.36 bits per heavy atom. The summed E-state index contributed by atoms with van der Waals surface area (Å²) in [5.41, 5.74) is 0. The lowest BCUT2D eigenvalue weighted by Crippen LogP contribution is -2.38. The summed E-state index contributed by atoms with van der Waals surface area (Å²) in [5, 5.41) is 3.44. The second-order valence-electron chi connectivity index (χ2n) is 4.09. The lowest BCUT2D eigenvalue weighted by atomic mass is 9.78. The summed E-state index contributed by atoms with van der Waals surface area (Å²) < 4.78 is 0. The fourth-order valence-electron chi connectivity index (χ4n) is 2.32. The third-order valence-electron chi connectivity index (χ3n) is 3.05. The van der Waals surface area contributed by atoms with Crippen molar-refractivity contribution in [2.75, 3.05) is 7.05 Å². The van der Waals surface area contributed by atoms with E-state index in [-0.39, 0.29) is 1.43 Å². The van der Waals surface area contributed by atoms with Crippen molar-refractivity contribution in [1.29, 1.82) is 0 Å². The van der Waals surface area contributed by atoms with Gasteiger partial charge in [-0.05, 0) is 31.7 Å². The van der Waals surface area contributed by atoms with Crippen LogP contribution >= 0.6 is 0 Å². The molecule has 0 bridgehead atoms. The molecule has 0 radical (unpaired) electrons. The zero-order valence-corrected chi connectivity index (χ0v) is 8.06. The average molecular weight is 157 g/mol. The van der Waals surface area contributed by atoms with Crippen LogP contribution in [0.25, 0.3) is 0 Å². The SMILES string of the molecule is CNC1CCCCC1C(C)C.[HH]. The van der Waals surface area contributed by atoms with E-state index in [9.17, 15) is 0 Å². The van der Waals surface area contributed by atoms with Crippen LogP contribution in [0, 0.1) is 11.8 Å². The number of hydrogen-bond donors (Lipinski definition) is 1. The Morgan fingerprint density at radius 1 is 1.27 bits per heavy atom. The van der Waals surface area contributed by atoms with E-state index in [1.807, 2.05) is 0 Å². The normalized spacial score (nSPS) is 32.7. The van der Waals surface area contributed by atoms with Crippen molar-refractivity contribution in [2.45, 2.75) is 45.6 Å². The van der Waals surface area contributed by atoms with Gasteiger partial charge in [-0.1, -0.05) is 26.7 Å². The van der Waals surface area contributed by atoms with E-state index in [0.29, 0.717) is 0 Å². The Hall–Kier alpha value is -0.0400. The van der Waals surface area contributed by atoms with E-state index in [1.54, 1.807) is 0 Å². The summed E-state index contributed by atoms with van der Waals surface area (Å²) in [6.07, 6.45) is 5.69. The molecule has 2 unspecified atom stereocenters. The van der Waals surface area contributed by atoms with Gasteiger partial charge in [-0.2, -0.15) is 0 Å². The first kappa shape index (κ1) is 9.05. The Bertz CT molecular complexity index is 114. The van der Waals surface area contributed by atoms with Crippen LogP contribution in [-0.4, -0.2) is 13.1 Å². The van der Waals surface area contributed by atoms with Crippen LogP contribution in [0.2, 0.25) is 0 Å². The van der Waals surface area contributed by atoms with Gasteiger partial charge in [0.2, 0.25) is 0 Å². The maximum absolute atomic E-state index is 3.44. The second kappa shape index (κ2) is 4.10. The van der Waals surface area contributed by atoms with Gasteiger partial charge in [-0.3, -0.25) is 0 Å². The minimum atomic E-state index is 0. The van der Waals surface area contributed by atoms with Crippen LogP contribution < -0.4 is 5.32 Å². The molecule has 1 aliphatic rings. The highest BCUT2D eigenvalue weighted by atomic mass is 14.9. The first-order valence-electron chi connectivity index (χ1n) is 4.93. The molecule has 0 aromatic carbocycles. The molecule has 0 spiro atoms. The van der Waals surface area contributed by atoms with Crippen molar-refractivity contribution >= 4 is 0 Å². The van der Waals surface area contributed by atoms with Crippen molar-refractivity contribution in [3.8, 4) is 0 Å². The Labute approximate surface area is 72.1 Å². The maximum atomic E-state index is 3.44. The molecule has 0 aliphatic heterocycles. The quantitative estimate of drug-likeness (QED) is 0.650. The fraction of sp³-hybridized carbons (Fsp3) is 1.00. The van der Waals surface area contributed by atoms with Gasteiger partial charge in [0, 0.05) is 7.47 Å². The molecule has 1 heteroatoms. The van der Waals surface area contributed by atoms with Gasteiger partial charge in [-0.25, -0.2) is 0 Å². The smallest absolute Gasteiger partial charge is 0.00947 e. The molecule has 1 rings (SSSR count). The number of hydrogen-bond acceptors (Lipinski definition) is 1. The lowest BCUT2D eigenvalue weighted by molar-refractivity contribution is 0.214. The largest absolute Gasteiger partial charge is 0.317 e. The predicted molar refractivity (Wildman–Crippen MR) is 51.8 cm³/mol. The molecule has 0 saturated heterocycles. The monoisotopic (exact) mass is 157 g/mol. The molecular formula is C10H23N. The van der Waals surface area contributed by atoms with E-state index >= 15 is 0 Å². The van der Waals surface area contributed by atoms with Crippen molar-refractivity contribution in [3.05, 3.63) is 0 Å². The molecule has 11 heavy (non-hydrogen) atoms. The van der Waals surface area contributed by atoms with Crippen molar-refractivity contribution < 1.29 is 1.43 Å². The molecule has 0 amide bonds. The molecule has 68 valence electrons. The predicted octanol–water partition coefficient (Wildman–Crippen LogP) is 2.67. The molecule has 1 saturated carbocycles.